The number of methoxy groups -OCH3 is 1. The number of hydrogen-bond acceptors (Lipinski definition) is 2. The van der Waals surface area contributed by atoms with E-state index in [9.17, 15) is 0 Å². The summed E-state index contributed by atoms with van der Waals surface area (Å²) in [4.78, 5) is 2.69. The van der Waals surface area contributed by atoms with Gasteiger partial charge in [0, 0.05) is 25.5 Å². The first-order chi connectivity index (χ1) is 8.78. The van der Waals surface area contributed by atoms with E-state index in [1.165, 1.54) is 69.9 Å². The van der Waals surface area contributed by atoms with Gasteiger partial charge in [-0.05, 0) is 37.1 Å². The van der Waals surface area contributed by atoms with Crippen molar-refractivity contribution in [2.24, 2.45) is 11.3 Å². The molecule has 1 unspecified atom stereocenters. The summed E-state index contributed by atoms with van der Waals surface area (Å²) >= 11 is 3.80. The van der Waals surface area contributed by atoms with Crippen LogP contribution in [0.4, 0.5) is 0 Å². The second kappa shape index (κ2) is 7.25. The van der Waals surface area contributed by atoms with Crippen LogP contribution in [0.1, 0.15) is 44.9 Å². The molecular weight excluding hydrogens is 290 g/mol. The predicted octanol–water partition coefficient (Wildman–Crippen LogP) is 3.69. The smallest absolute Gasteiger partial charge is 0.0503 e. The lowest BCUT2D eigenvalue weighted by molar-refractivity contribution is 0.138. The highest BCUT2D eigenvalue weighted by molar-refractivity contribution is 9.09. The van der Waals surface area contributed by atoms with E-state index in [0.29, 0.717) is 5.41 Å². The molecule has 2 nitrogen and oxygen atoms in total. The van der Waals surface area contributed by atoms with Gasteiger partial charge in [0.2, 0.25) is 0 Å². The Morgan fingerprint density at radius 2 is 1.94 bits per heavy atom. The fraction of sp³-hybridized carbons (Fsp3) is 1.00. The maximum atomic E-state index is 5.30. The Labute approximate surface area is 121 Å². The molecule has 0 aromatic carbocycles. The summed E-state index contributed by atoms with van der Waals surface area (Å²) in [7, 11) is 1.83. The molecule has 1 aliphatic carbocycles. The number of likely N-dealkylation sites (tertiary alicyclic amines) is 1. The lowest BCUT2D eigenvalue weighted by atomic mass is 9.82. The third kappa shape index (κ3) is 3.94. The molecule has 2 fully saturated rings. The van der Waals surface area contributed by atoms with E-state index in [0.717, 1.165) is 12.5 Å². The average Bonchev–Trinajstić information content (AvgIpc) is 2.67. The Bertz CT molecular complexity index is 239. The van der Waals surface area contributed by atoms with E-state index in [4.69, 9.17) is 4.74 Å². The highest BCUT2D eigenvalue weighted by atomic mass is 79.9. The van der Waals surface area contributed by atoms with Crippen LogP contribution in [-0.2, 0) is 4.74 Å². The first-order valence-corrected chi connectivity index (χ1v) is 8.67. The van der Waals surface area contributed by atoms with E-state index in [-0.39, 0.29) is 0 Å². The molecule has 0 bridgehead atoms. The zero-order valence-corrected chi connectivity index (χ0v) is 13.4. The molecule has 1 saturated heterocycles. The second-order valence-corrected chi connectivity index (χ2v) is 6.95. The maximum absolute atomic E-state index is 5.30. The molecule has 106 valence electrons. The molecule has 0 radical (unpaired) electrons. The number of ether oxygens (including phenoxy) is 1. The molecule has 1 saturated carbocycles. The summed E-state index contributed by atoms with van der Waals surface area (Å²) in [5, 5.41) is 1.19. The highest BCUT2D eigenvalue weighted by Gasteiger charge is 2.34. The fourth-order valence-electron chi connectivity index (χ4n) is 3.72. The third-order valence-corrected chi connectivity index (χ3v) is 5.97. The fourth-order valence-corrected chi connectivity index (χ4v) is 4.45. The zero-order chi connectivity index (χ0) is 12.8. The van der Waals surface area contributed by atoms with Crippen molar-refractivity contribution in [2.75, 3.05) is 38.7 Å². The van der Waals surface area contributed by atoms with Gasteiger partial charge in [0.25, 0.3) is 0 Å². The van der Waals surface area contributed by atoms with Gasteiger partial charge >= 0.3 is 0 Å². The van der Waals surface area contributed by atoms with Crippen LogP contribution in [0.15, 0.2) is 0 Å². The minimum atomic E-state index is 0.554. The quantitative estimate of drug-likeness (QED) is 0.566. The predicted molar refractivity (Wildman–Crippen MR) is 80.4 cm³/mol. The van der Waals surface area contributed by atoms with Crippen molar-refractivity contribution in [3.63, 3.8) is 0 Å². The largest absolute Gasteiger partial charge is 0.384 e. The van der Waals surface area contributed by atoms with Crippen molar-refractivity contribution in [1.29, 1.82) is 0 Å². The SMILES string of the molecule is COCC1CCN(CC2(CBr)CCCCCC2)C1. The number of nitrogens with zero attached hydrogens (tertiary/aromatic N) is 1. The molecule has 1 aliphatic heterocycles. The molecule has 1 heterocycles. The Morgan fingerprint density at radius 1 is 1.22 bits per heavy atom. The van der Waals surface area contributed by atoms with Crippen LogP contribution < -0.4 is 0 Å². The summed E-state index contributed by atoms with van der Waals surface area (Å²) in [6.45, 7) is 4.78. The molecule has 2 aliphatic rings. The van der Waals surface area contributed by atoms with Gasteiger partial charge in [0.05, 0.1) is 6.61 Å². The summed E-state index contributed by atoms with van der Waals surface area (Å²) < 4.78 is 5.30. The molecule has 2 rings (SSSR count). The van der Waals surface area contributed by atoms with Crippen molar-refractivity contribution >= 4 is 15.9 Å². The highest BCUT2D eigenvalue weighted by Crippen LogP contribution is 2.38. The maximum Gasteiger partial charge on any atom is 0.0503 e. The van der Waals surface area contributed by atoms with Crippen molar-refractivity contribution < 1.29 is 4.74 Å². The van der Waals surface area contributed by atoms with E-state index in [1.54, 1.807) is 0 Å². The number of alkyl halides is 1. The van der Waals surface area contributed by atoms with Gasteiger partial charge in [-0.25, -0.2) is 0 Å². The number of rotatable bonds is 5. The molecule has 3 heteroatoms. The minimum Gasteiger partial charge on any atom is -0.384 e. The molecule has 0 N–H and O–H groups in total. The Kier molecular flexibility index (Phi) is 5.96. The van der Waals surface area contributed by atoms with E-state index in [2.05, 4.69) is 20.8 Å². The lowest BCUT2D eigenvalue weighted by Crippen LogP contribution is -2.38. The van der Waals surface area contributed by atoms with Crippen LogP contribution in [0.5, 0.6) is 0 Å². The van der Waals surface area contributed by atoms with Gasteiger partial charge in [-0.1, -0.05) is 41.6 Å². The van der Waals surface area contributed by atoms with Crippen molar-refractivity contribution in [3.8, 4) is 0 Å². The Morgan fingerprint density at radius 3 is 2.56 bits per heavy atom. The lowest BCUT2D eigenvalue weighted by Gasteiger charge is -2.35. The third-order valence-electron chi connectivity index (χ3n) is 4.78. The van der Waals surface area contributed by atoms with E-state index in [1.807, 2.05) is 7.11 Å². The number of halogens is 1. The van der Waals surface area contributed by atoms with Gasteiger partial charge in [0.1, 0.15) is 0 Å². The van der Waals surface area contributed by atoms with Crippen LogP contribution in [0, 0.1) is 11.3 Å². The molecule has 0 aromatic rings. The van der Waals surface area contributed by atoms with Crippen LogP contribution >= 0.6 is 15.9 Å². The second-order valence-electron chi connectivity index (χ2n) is 6.39. The summed E-state index contributed by atoms with van der Waals surface area (Å²) in [6.07, 6.45) is 9.92. The number of hydrogen-bond donors (Lipinski definition) is 0. The molecule has 0 amide bonds. The normalized spacial score (nSPS) is 29.3. The van der Waals surface area contributed by atoms with Crippen molar-refractivity contribution in [2.45, 2.75) is 44.9 Å². The molecule has 0 spiro atoms. The summed E-state index contributed by atoms with van der Waals surface area (Å²) in [5.41, 5.74) is 0.554. The summed E-state index contributed by atoms with van der Waals surface area (Å²) in [6, 6.07) is 0. The van der Waals surface area contributed by atoms with Gasteiger partial charge in [-0.15, -0.1) is 0 Å². The molecular formula is C15H28BrNO. The first kappa shape index (κ1) is 14.8. The average molecular weight is 318 g/mol. The zero-order valence-electron chi connectivity index (χ0n) is 11.8. The van der Waals surface area contributed by atoms with Crippen LogP contribution in [0.3, 0.4) is 0 Å². The molecule has 0 aromatic heterocycles. The van der Waals surface area contributed by atoms with E-state index < -0.39 is 0 Å². The van der Waals surface area contributed by atoms with Gasteiger partial charge in [-0.3, -0.25) is 0 Å². The standard InChI is InChI=1S/C15H28BrNO/c1-18-11-14-6-9-17(10-14)13-15(12-16)7-4-2-3-5-8-15/h14H,2-13H2,1H3. The Hall–Kier alpha value is 0.400. The minimum absolute atomic E-state index is 0.554. The molecule has 18 heavy (non-hydrogen) atoms. The van der Waals surface area contributed by atoms with Crippen molar-refractivity contribution in [1.82, 2.24) is 4.90 Å². The van der Waals surface area contributed by atoms with E-state index >= 15 is 0 Å². The summed E-state index contributed by atoms with van der Waals surface area (Å²) in [5.74, 6) is 0.771. The van der Waals surface area contributed by atoms with Gasteiger partial charge in [0.15, 0.2) is 0 Å². The van der Waals surface area contributed by atoms with Crippen LogP contribution in [0.25, 0.3) is 0 Å². The van der Waals surface area contributed by atoms with Crippen LogP contribution in [0.2, 0.25) is 0 Å². The van der Waals surface area contributed by atoms with Crippen LogP contribution in [-0.4, -0.2) is 43.6 Å². The Balaban J connectivity index is 1.86. The topological polar surface area (TPSA) is 12.5 Å². The monoisotopic (exact) mass is 317 g/mol. The van der Waals surface area contributed by atoms with Gasteiger partial charge in [-0.2, -0.15) is 0 Å². The molecule has 1 atom stereocenters. The van der Waals surface area contributed by atoms with Crippen molar-refractivity contribution in [3.05, 3.63) is 0 Å². The van der Waals surface area contributed by atoms with Gasteiger partial charge < -0.3 is 9.64 Å². The first-order valence-electron chi connectivity index (χ1n) is 7.55.